The fraction of sp³-hybridized carbons (Fsp3) is 0.500. The summed E-state index contributed by atoms with van der Waals surface area (Å²) in [6, 6.07) is 5.73. The minimum atomic E-state index is -3.71. The molecule has 1 aromatic rings. The Labute approximate surface area is 131 Å². The molecule has 0 bridgehead atoms. The molecule has 22 heavy (non-hydrogen) atoms. The van der Waals surface area contributed by atoms with Crippen molar-refractivity contribution < 1.29 is 13.2 Å². The lowest BCUT2D eigenvalue weighted by molar-refractivity contribution is -0.115. The van der Waals surface area contributed by atoms with E-state index in [4.69, 9.17) is 5.14 Å². The number of nitrogens with one attached hydrogen (secondary N) is 2. The quantitative estimate of drug-likeness (QED) is 0.562. The fourth-order valence-corrected chi connectivity index (χ4v) is 2.43. The van der Waals surface area contributed by atoms with E-state index in [1.807, 2.05) is 0 Å². The Balaban J connectivity index is 2.36. The average Bonchev–Trinajstić information content (AvgIpc) is 2.47. The van der Waals surface area contributed by atoms with Crippen LogP contribution in [0, 0.1) is 0 Å². The molecule has 7 nitrogen and oxygen atoms in total. The zero-order valence-electron chi connectivity index (χ0n) is 13.0. The van der Waals surface area contributed by atoms with E-state index in [-0.39, 0.29) is 17.3 Å². The number of amides is 1. The minimum Gasteiger partial charge on any atom is -0.325 e. The van der Waals surface area contributed by atoms with Gasteiger partial charge in [-0.2, -0.15) is 0 Å². The zero-order chi connectivity index (χ0) is 16.6. The minimum absolute atomic E-state index is 0.0165. The van der Waals surface area contributed by atoms with Crippen LogP contribution in [0.15, 0.2) is 29.2 Å². The first-order valence-electron chi connectivity index (χ1n) is 7.22. The van der Waals surface area contributed by atoms with Crippen molar-refractivity contribution in [2.45, 2.75) is 18.7 Å². The molecule has 0 spiro atoms. The summed E-state index contributed by atoms with van der Waals surface area (Å²) in [6.07, 6.45) is 0. The number of nitrogens with two attached hydrogens (primary N) is 1. The molecule has 1 aromatic carbocycles. The molecule has 0 saturated carbocycles. The second-order valence-electron chi connectivity index (χ2n) is 4.82. The van der Waals surface area contributed by atoms with Gasteiger partial charge in [0, 0.05) is 18.8 Å². The Bertz CT molecular complexity index is 568. The van der Waals surface area contributed by atoms with Gasteiger partial charge < -0.3 is 15.5 Å². The highest BCUT2D eigenvalue weighted by atomic mass is 32.2. The normalized spacial score (nSPS) is 11.6. The lowest BCUT2D eigenvalue weighted by Crippen LogP contribution is -2.35. The van der Waals surface area contributed by atoms with Crippen molar-refractivity contribution >= 4 is 21.6 Å². The lowest BCUT2D eigenvalue weighted by atomic mass is 10.3. The molecular weight excluding hydrogens is 304 g/mol. The number of nitrogens with zero attached hydrogens (tertiary/aromatic N) is 1. The first kappa shape index (κ1) is 18.6. The van der Waals surface area contributed by atoms with Crippen LogP contribution in [0.5, 0.6) is 0 Å². The van der Waals surface area contributed by atoms with Gasteiger partial charge in [-0.15, -0.1) is 0 Å². The van der Waals surface area contributed by atoms with Crippen LogP contribution >= 0.6 is 0 Å². The van der Waals surface area contributed by atoms with E-state index < -0.39 is 10.0 Å². The summed E-state index contributed by atoms with van der Waals surface area (Å²) >= 11 is 0. The molecular formula is C14H24N4O3S. The van der Waals surface area contributed by atoms with Crippen molar-refractivity contribution in [2.75, 3.05) is 38.0 Å². The maximum absolute atomic E-state index is 11.7. The molecule has 0 fully saturated rings. The third-order valence-corrected chi connectivity index (χ3v) is 4.18. The Morgan fingerprint density at radius 1 is 1.18 bits per heavy atom. The highest BCUT2D eigenvalue weighted by Crippen LogP contribution is 2.12. The van der Waals surface area contributed by atoms with E-state index in [1.165, 1.54) is 24.3 Å². The number of primary sulfonamides is 1. The second kappa shape index (κ2) is 8.84. The zero-order valence-corrected chi connectivity index (χ0v) is 13.8. The van der Waals surface area contributed by atoms with Crippen LogP contribution in [-0.4, -0.2) is 51.9 Å². The van der Waals surface area contributed by atoms with E-state index >= 15 is 0 Å². The van der Waals surface area contributed by atoms with Crippen LogP contribution in [0.4, 0.5) is 5.69 Å². The summed E-state index contributed by atoms with van der Waals surface area (Å²) in [7, 11) is -3.71. The highest BCUT2D eigenvalue weighted by Gasteiger charge is 2.08. The maximum Gasteiger partial charge on any atom is 0.238 e. The molecule has 0 atom stereocenters. The largest absolute Gasteiger partial charge is 0.325 e. The third-order valence-electron chi connectivity index (χ3n) is 3.25. The first-order valence-corrected chi connectivity index (χ1v) is 8.77. The van der Waals surface area contributed by atoms with Gasteiger partial charge in [0.2, 0.25) is 15.9 Å². The lowest BCUT2D eigenvalue weighted by Gasteiger charge is -2.17. The van der Waals surface area contributed by atoms with E-state index in [1.54, 1.807) is 0 Å². The standard InChI is InChI=1S/C14H24N4O3S/c1-3-18(4-2)10-9-16-11-14(19)17-12-5-7-13(8-6-12)22(15,20)21/h5-8,16H,3-4,9-11H2,1-2H3,(H,17,19)(H2,15,20,21). The monoisotopic (exact) mass is 328 g/mol. The number of hydrogen-bond acceptors (Lipinski definition) is 5. The molecule has 1 rings (SSSR count). The molecule has 0 aliphatic rings. The molecule has 0 radical (unpaired) electrons. The van der Waals surface area contributed by atoms with Crippen molar-refractivity contribution in [1.29, 1.82) is 0 Å². The summed E-state index contributed by atoms with van der Waals surface area (Å²) in [6.45, 7) is 8.01. The predicted molar refractivity (Wildman–Crippen MR) is 87.1 cm³/mol. The number of anilines is 1. The van der Waals surface area contributed by atoms with Gasteiger partial charge in [0.15, 0.2) is 0 Å². The number of rotatable bonds is 9. The number of hydrogen-bond donors (Lipinski definition) is 3. The molecule has 8 heteroatoms. The topological polar surface area (TPSA) is 105 Å². The third kappa shape index (κ3) is 6.52. The van der Waals surface area contributed by atoms with Crippen LogP contribution in [-0.2, 0) is 14.8 Å². The van der Waals surface area contributed by atoms with Crippen LogP contribution < -0.4 is 15.8 Å². The van der Waals surface area contributed by atoms with E-state index in [9.17, 15) is 13.2 Å². The molecule has 0 heterocycles. The smallest absolute Gasteiger partial charge is 0.238 e. The summed E-state index contributed by atoms with van der Waals surface area (Å²) < 4.78 is 22.2. The maximum atomic E-state index is 11.7. The van der Waals surface area contributed by atoms with E-state index in [0.717, 1.165) is 26.2 Å². The molecule has 0 unspecified atom stereocenters. The summed E-state index contributed by atoms with van der Waals surface area (Å²) in [5, 5.41) is 10.8. The van der Waals surface area contributed by atoms with Crippen LogP contribution in [0.25, 0.3) is 0 Å². The van der Waals surface area contributed by atoms with Gasteiger partial charge in [0.1, 0.15) is 0 Å². The molecule has 4 N–H and O–H groups in total. The second-order valence-corrected chi connectivity index (χ2v) is 6.38. The van der Waals surface area contributed by atoms with Gasteiger partial charge in [0.05, 0.1) is 11.4 Å². The van der Waals surface area contributed by atoms with Gasteiger partial charge in [-0.25, -0.2) is 13.6 Å². The van der Waals surface area contributed by atoms with E-state index in [0.29, 0.717) is 5.69 Å². The van der Waals surface area contributed by atoms with Gasteiger partial charge in [0.25, 0.3) is 0 Å². The Kier molecular flexibility index (Phi) is 7.46. The SMILES string of the molecule is CCN(CC)CCNCC(=O)Nc1ccc(S(N)(=O)=O)cc1. The summed E-state index contributed by atoms with van der Waals surface area (Å²) in [4.78, 5) is 14.0. The number of carbonyl (C=O) groups excluding carboxylic acids is 1. The van der Waals surface area contributed by atoms with Crippen molar-refractivity contribution in [2.24, 2.45) is 5.14 Å². The van der Waals surface area contributed by atoms with Gasteiger partial charge in [-0.05, 0) is 37.4 Å². The Morgan fingerprint density at radius 2 is 1.77 bits per heavy atom. The Hall–Kier alpha value is -1.48. The highest BCUT2D eigenvalue weighted by molar-refractivity contribution is 7.89. The molecule has 0 saturated heterocycles. The number of likely N-dealkylation sites (N-methyl/N-ethyl adjacent to an activating group) is 1. The van der Waals surface area contributed by atoms with Crippen LogP contribution in [0.2, 0.25) is 0 Å². The molecule has 124 valence electrons. The van der Waals surface area contributed by atoms with Crippen LogP contribution in [0.3, 0.4) is 0 Å². The van der Waals surface area contributed by atoms with Gasteiger partial charge >= 0.3 is 0 Å². The Morgan fingerprint density at radius 3 is 2.27 bits per heavy atom. The number of carbonyl (C=O) groups is 1. The molecule has 0 aliphatic carbocycles. The molecule has 1 amide bonds. The first-order chi connectivity index (χ1) is 10.4. The van der Waals surface area contributed by atoms with Crippen LogP contribution in [0.1, 0.15) is 13.8 Å². The van der Waals surface area contributed by atoms with E-state index in [2.05, 4.69) is 29.4 Å². The number of benzene rings is 1. The van der Waals surface area contributed by atoms with Crippen molar-refractivity contribution in [3.05, 3.63) is 24.3 Å². The fourth-order valence-electron chi connectivity index (χ4n) is 1.91. The number of sulfonamides is 1. The molecule has 0 aliphatic heterocycles. The van der Waals surface area contributed by atoms with Gasteiger partial charge in [-0.3, -0.25) is 4.79 Å². The predicted octanol–water partition coefficient (Wildman–Crippen LogP) is 0.204. The van der Waals surface area contributed by atoms with Crippen molar-refractivity contribution in [3.63, 3.8) is 0 Å². The summed E-state index contributed by atoms with van der Waals surface area (Å²) in [5.74, 6) is -0.178. The van der Waals surface area contributed by atoms with Gasteiger partial charge in [-0.1, -0.05) is 13.8 Å². The van der Waals surface area contributed by atoms with Crippen molar-refractivity contribution in [3.8, 4) is 0 Å². The van der Waals surface area contributed by atoms with Crippen molar-refractivity contribution in [1.82, 2.24) is 10.2 Å². The average molecular weight is 328 g/mol. The summed E-state index contributed by atoms with van der Waals surface area (Å²) in [5.41, 5.74) is 0.531. The molecule has 0 aromatic heterocycles.